The van der Waals surface area contributed by atoms with Crippen LogP contribution in [0.15, 0.2) is 0 Å². The number of urea groups is 1. The summed E-state index contributed by atoms with van der Waals surface area (Å²) >= 11 is 0. The van der Waals surface area contributed by atoms with E-state index in [1.54, 1.807) is 0 Å². The minimum Gasteiger partial charge on any atom is -0.393 e. The molecule has 0 spiro atoms. The molecule has 2 aliphatic heterocycles. The van der Waals surface area contributed by atoms with Crippen LogP contribution in [0.1, 0.15) is 51.4 Å². The summed E-state index contributed by atoms with van der Waals surface area (Å²) in [6, 6.07) is 0.496. The molecule has 2 saturated heterocycles. The number of carbonyl (C=O) groups excluding carboxylic acids is 1. The van der Waals surface area contributed by atoms with Crippen LogP contribution in [0.2, 0.25) is 0 Å². The highest BCUT2D eigenvalue weighted by molar-refractivity contribution is 5.75. The fraction of sp³-hybridized carbons (Fsp3) is 0.938. The molecule has 3 fully saturated rings. The molecule has 120 valence electrons. The number of aliphatic hydroxyl groups excluding tert-OH is 1. The van der Waals surface area contributed by atoms with Gasteiger partial charge in [-0.05, 0) is 44.4 Å². The predicted octanol–water partition coefficient (Wildman–Crippen LogP) is 1.89. The summed E-state index contributed by atoms with van der Waals surface area (Å²) < 4.78 is 5.67. The van der Waals surface area contributed by atoms with E-state index < -0.39 is 0 Å². The van der Waals surface area contributed by atoms with Gasteiger partial charge in [-0.15, -0.1) is 0 Å². The third-order valence-electron chi connectivity index (χ3n) is 5.29. The van der Waals surface area contributed by atoms with Crippen molar-refractivity contribution < 1.29 is 14.6 Å². The van der Waals surface area contributed by atoms with E-state index in [0.717, 1.165) is 38.2 Å². The number of rotatable bonds is 5. The average molecular weight is 296 g/mol. The van der Waals surface area contributed by atoms with Crippen molar-refractivity contribution >= 4 is 6.03 Å². The van der Waals surface area contributed by atoms with E-state index in [-0.39, 0.29) is 24.2 Å². The van der Waals surface area contributed by atoms with Gasteiger partial charge in [-0.2, -0.15) is 0 Å². The molecule has 21 heavy (non-hydrogen) atoms. The predicted molar refractivity (Wildman–Crippen MR) is 80.1 cm³/mol. The van der Waals surface area contributed by atoms with Gasteiger partial charge in [-0.25, -0.2) is 4.79 Å². The first-order valence-corrected chi connectivity index (χ1v) is 8.56. The second kappa shape index (κ2) is 6.97. The van der Waals surface area contributed by atoms with Crippen LogP contribution in [-0.4, -0.2) is 54.0 Å². The Morgan fingerprint density at radius 1 is 1.14 bits per heavy atom. The van der Waals surface area contributed by atoms with Gasteiger partial charge < -0.3 is 20.1 Å². The van der Waals surface area contributed by atoms with E-state index in [9.17, 15) is 9.90 Å². The largest absolute Gasteiger partial charge is 0.393 e. The molecular formula is C16H28N2O3. The Labute approximate surface area is 127 Å². The number of amides is 2. The summed E-state index contributed by atoms with van der Waals surface area (Å²) in [5.74, 6) is 0.736. The Bertz CT molecular complexity index is 343. The van der Waals surface area contributed by atoms with Crippen LogP contribution in [-0.2, 0) is 4.74 Å². The Morgan fingerprint density at radius 3 is 2.48 bits per heavy atom. The summed E-state index contributed by atoms with van der Waals surface area (Å²) in [5.41, 5.74) is 0. The molecule has 2 atom stereocenters. The molecule has 2 unspecified atom stereocenters. The second-order valence-corrected chi connectivity index (χ2v) is 6.87. The quantitative estimate of drug-likeness (QED) is 0.762. The molecule has 3 aliphatic rings. The molecule has 1 saturated carbocycles. The molecule has 0 aromatic rings. The van der Waals surface area contributed by atoms with Gasteiger partial charge in [0, 0.05) is 25.2 Å². The number of nitrogens with zero attached hydrogens (tertiary/aromatic N) is 1. The van der Waals surface area contributed by atoms with Crippen LogP contribution in [0.5, 0.6) is 0 Å². The lowest BCUT2D eigenvalue weighted by molar-refractivity contribution is 0.0526. The van der Waals surface area contributed by atoms with E-state index in [1.165, 1.54) is 25.7 Å². The number of nitrogens with one attached hydrogen (secondary N) is 1. The zero-order valence-electron chi connectivity index (χ0n) is 12.8. The minimum atomic E-state index is -0.221. The van der Waals surface area contributed by atoms with Gasteiger partial charge in [0.2, 0.25) is 0 Å². The smallest absolute Gasteiger partial charge is 0.317 e. The van der Waals surface area contributed by atoms with Crippen molar-refractivity contribution in [2.45, 2.75) is 69.6 Å². The lowest BCUT2D eigenvalue weighted by atomic mass is 10.0. The van der Waals surface area contributed by atoms with Crippen LogP contribution >= 0.6 is 0 Å². The summed E-state index contributed by atoms with van der Waals surface area (Å²) in [6.45, 7) is 2.04. The van der Waals surface area contributed by atoms with Crippen LogP contribution in [0.25, 0.3) is 0 Å². The van der Waals surface area contributed by atoms with E-state index in [2.05, 4.69) is 5.32 Å². The van der Waals surface area contributed by atoms with Gasteiger partial charge in [0.05, 0.1) is 12.7 Å². The topological polar surface area (TPSA) is 61.8 Å². The SMILES string of the molecule is O=C(NCCOCC1CCCC1)N1C2CCC1CC(O)C2. The molecule has 0 aromatic carbocycles. The second-order valence-electron chi connectivity index (χ2n) is 6.87. The molecule has 2 amide bonds. The molecule has 3 rings (SSSR count). The number of aliphatic hydroxyl groups is 1. The lowest BCUT2D eigenvalue weighted by Gasteiger charge is -2.37. The van der Waals surface area contributed by atoms with Crippen LogP contribution in [0.3, 0.4) is 0 Å². The van der Waals surface area contributed by atoms with Crippen molar-refractivity contribution in [1.29, 1.82) is 0 Å². The summed E-state index contributed by atoms with van der Waals surface area (Å²) in [5, 5.41) is 12.7. The molecule has 2 N–H and O–H groups in total. The first-order chi connectivity index (χ1) is 10.2. The Morgan fingerprint density at radius 2 is 1.81 bits per heavy atom. The van der Waals surface area contributed by atoms with Gasteiger partial charge in [-0.3, -0.25) is 0 Å². The third kappa shape index (κ3) is 3.69. The summed E-state index contributed by atoms with van der Waals surface area (Å²) in [4.78, 5) is 14.2. The maximum absolute atomic E-state index is 12.3. The number of hydrogen-bond acceptors (Lipinski definition) is 3. The van der Waals surface area contributed by atoms with Gasteiger partial charge in [0.15, 0.2) is 0 Å². The third-order valence-corrected chi connectivity index (χ3v) is 5.29. The van der Waals surface area contributed by atoms with Crippen molar-refractivity contribution in [2.24, 2.45) is 5.92 Å². The Hall–Kier alpha value is -0.810. The molecule has 2 bridgehead atoms. The number of hydrogen-bond donors (Lipinski definition) is 2. The van der Waals surface area contributed by atoms with Crippen LogP contribution < -0.4 is 5.32 Å². The average Bonchev–Trinajstić information content (AvgIpc) is 3.05. The van der Waals surface area contributed by atoms with Gasteiger partial charge in [0.1, 0.15) is 0 Å². The normalized spacial score (nSPS) is 32.6. The van der Waals surface area contributed by atoms with Gasteiger partial charge in [-0.1, -0.05) is 12.8 Å². The Balaban J connectivity index is 1.33. The number of carbonyl (C=O) groups is 1. The zero-order chi connectivity index (χ0) is 14.7. The first-order valence-electron chi connectivity index (χ1n) is 8.56. The first kappa shape index (κ1) is 15.1. The minimum absolute atomic E-state index is 0.0267. The monoisotopic (exact) mass is 296 g/mol. The molecule has 0 aromatic heterocycles. The van der Waals surface area contributed by atoms with Crippen molar-refractivity contribution in [2.75, 3.05) is 19.8 Å². The zero-order valence-corrected chi connectivity index (χ0v) is 12.8. The number of piperidine rings is 1. The van der Waals surface area contributed by atoms with Crippen molar-refractivity contribution in [3.8, 4) is 0 Å². The molecule has 2 heterocycles. The van der Waals surface area contributed by atoms with E-state index in [1.807, 2.05) is 4.90 Å². The standard InChI is InChI=1S/C16H28N2O3/c19-15-9-13-5-6-14(10-15)18(13)16(20)17-7-8-21-11-12-3-1-2-4-12/h12-15,19H,1-11H2,(H,17,20). The van der Waals surface area contributed by atoms with E-state index in [0.29, 0.717) is 13.2 Å². The highest BCUT2D eigenvalue weighted by Gasteiger charge is 2.42. The molecule has 0 radical (unpaired) electrons. The van der Waals surface area contributed by atoms with E-state index >= 15 is 0 Å². The van der Waals surface area contributed by atoms with Crippen molar-refractivity contribution in [3.05, 3.63) is 0 Å². The number of fused-ring (bicyclic) bond motifs is 2. The molecule has 1 aliphatic carbocycles. The van der Waals surface area contributed by atoms with Gasteiger partial charge in [0.25, 0.3) is 0 Å². The highest BCUT2D eigenvalue weighted by atomic mass is 16.5. The maximum Gasteiger partial charge on any atom is 0.317 e. The van der Waals surface area contributed by atoms with Crippen LogP contribution in [0, 0.1) is 5.92 Å². The lowest BCUT2D eigenvalue weighted by Crippen LogP contribution is -2.52. The number of ether oxygens (including phenoxy) is 1. The molecule has 5 nitrogen and oxygen atoms in total. The molecular weight excluding hydrogens is 268 g/mol. The summed E-state index contributed by atoms with van der Waals surface area (Å²) in [6.07, 6.45) is 8.60. The maximum atomic E-state index is 12.3. The van der Waals surface area contributed by atoms with Gasteiger partial charge >= 0.3 is 6.03 Å². The fourth-order valence-electron chi connectivity index (χ4n) is 4.23. The van der Waals surface area contributed by atoms with Crippen molar-refractivity contribution in [1.82, 2.24) is 10.2 Å². The van der Waals surface area contributed by atoms with Crippen LogP contribution in [0.4, 0.5) is 4.79 Å². The van der Waals surface area contributed by atoms with Crippen molar-refractivity contribution in [3.63, 3.8) is 0 Å². The highest BCUT2D eigenvalue weighted by Crippen LogP contribution is 2.35. The summed E-state index contributed by atoms with van der Waals surface area (Å²) in [7, 11) is 0. The Kier molecular flexibility index (Phi) is 5.01. The molecule has 5 heteroatoms. The van der Waals surface area contributed by atoms with E-state index in [4.69, 9.17) is 4.74 Å². The fourth-order valence-corrected chi connectivity index (χ4v) is 4.23.